The average molecular weight is 295 g/mol. The highest BCUT2D eigenvalue weighted by Crippen LogP contribution is 2.09. The fourth-order valence-electron chi connectivity index (χ4n) is 1.57. The van der Waals surface area contributed by atoms with E-state index in [1.807, 2.05) is 0 Å². The van der Waals surface area contributed by atoms with Crippen molar-refractivity contribution < 1.29 is 17.7 Å². The van der Waals surface area contributed by atoms with Crippen molar-refractivity contribution in [3.05, 3.63) is 47.3 Å². The molecule has 0 fully saturated rings. The van der Waals surface area contributed by atoms with Gasteiger partial charge in [0.25, 0.3) is 5.91 Å². The van der Waals surface area contributed by atoms with E-state index < -0.39 is 10.0 Å². The summed E-state index contributed by atoms with van der Waals surface area (Å²) < 4.78 is 27.0. The van der Waals surface area contributed by atoms with Gasteiger partial charge in [-0.15, -0.1) is 0 Å². The van der Waals surface area contributed by atoms with E-state index in [2.05, 4.69) is 10.5 Å². The van der Waals surface area contributed by atoms with Gasteiger partial charge in [0, 0.05) is 12.1 Å². The lowest BCUT2D eigenvalue weighted by molar-refractivity contribution is 0.0913. The largest absolute Gasteiger partial charge is 0.351 e. The zero-order valence-electron chi connectivity index (χ0n) is 10.7. The number of aromatic nitrogens is 1. The van der Waals surface area contributed by atoms with Gasteiger partial charge in [0.15, 0.2) is 0 Å². The van der Waals surface area contributed by atoms with Gasteiger partial charge in [-0.25, -0.2) is 13.6 Å². The van der Waals surface area contributed by atoms with Gasteiger partial charge < -0.3 is 9.84 Å². The van der Waals surface area contributed by atoms with Crippen LogP contribution in [0.2, 0.25) is 0 Å². The molecule has 0 aliphatic heterocycles. The Bertz CT molecular complexity index is 719. The van der Waals surface area contributed by atoms with Crippen LogP contribution < -0.4 is 10.5 Å². The Balaban J connectivity index is 2.02. The van der Waals surface area contributed by atoms with E-state index in [0.29, 0.717) is 5.56 Å². The molecule has 2 rings (SSSR count). The summed E-state index contributed by atoms with van der Waals surface area (Å²) in [5, 5.41) is 11.2. The summed E-state index contributed by atoms with van der Waals surface area (Å²) in [7, 11) is -3.70. The molecule has 1 aromatic carbocycles. The van der Waals surface area contributed by atoms with Crippen LogP contribution in [0.1, 0.15) is 21.7 Å². The number of carbonyl (C=O) groups is 1. The third-order valence-electron chi connectivity index (χ3n) is 2.66. The quantitative estimate of drug-likeness (QED) is 0.855. The van der Waals surface area contributed by atoms with Crippen molar-refractivity contribution in [1.82, 2.24) is 10.5 Å². The molecule has 0 aliphatic carbocycles. The first-order valence-electron chi connectivity index (χ1n) is 5.69. The Labute approximate surface area is 115 Å². The number of primary sulfonamides is 1. The third kappa shape index (κ3) is 3.22. The minimum atomic E-state index is -3.70. The van der Waals surface area contributed by atoms with Crippen LogP contribution in [0.15, 0.2) is 39.9 Å². The Morgan fingerprint density at radius 1 is 1.35 bits per heavy atom. The van der Waals surface area contributed by atoms with Crippen LogP contribution in [-0.2, 0) is 16.6 Å². The van der Waals surface area contributed by atoms with E-state index in [4.69, 9.17) is 9.66 Å². The molecule has 1 aromatic heterocycles. The van der Waals surface area contributed by atoms with Crippen molar-refractivity contribution in [2.45, 2.75) is 18.4 Å². The van der Waals surface area contributed by atoms with Crippen LogP contribution in [0.5, 0.6) is 0 Å². The molecule has 1 heterocycles. The lowest BCUT2D eigenvalue weighted by Crippen LogP contribution is -2.23. The maximum absolute atomic E-state index is 11.8. The highest BCUT2D eigenvalue weighted by atomic mass is 32.2. The summed E-state index contributed by atoms with van der Waals surface area (Å²) in [6.07, 6.45) is 1.45. The lowest BCUT2D eigenvalue weighted by Gasteiger charge is -2.04. The summed E-state index contributed by atoms with van der Waals surface area (Å²) in [6, 6.07) is 5.92. The van der Waals surface area contributed by atoms with Gasteiger partial charge >= 0.3 is 0 Å². The summed E-state index contributed by atoms with van der Waals surface area (Å²) in [4.78, 5) is 11.8. The molecule has 3 N–H and O–H groups in total. The van der Waals surface area contributed by atoms with Gasteiger partial charge in [0.1, 0.15) is 0 Å². The number of rotatable bonds is 4. The van der Waals surface area contributed by atoms with Crippen molar-refractivity contribution in [3.8, 4) is 0 Å². The second kappa shape index (κ2) is 5.43. The average Bonchev–Trinajstić information content (AvgIpc) is 2.82. The van der Waals surface area contributed by atoms with E-state index >= 15 is 0 Å². The highest BCUT2D eigenvalue weighted by Gasteiger charge is 2.13. The van der Waals surface area contributed by atoms with Gasteiger partial charge in [-0.1, -0.05) is 17.3 Å². The maximum Gasteiger partial charge on any atom is 0.290 e. The summed E-state index contributed by atoms with van der Waals surface area (Å²) in [5.74, 6) is -0.221. The summed E-state index contributed by atoms with van der Waals surface area (Å²) in [5.41, 5.74) is 1.38. The Kier molecular flexibility index (Phi) is 3.86. The molecule has 2 aromatic rings. The molecule has 106 valence electrons. The summed E-state index contributed by atoms with van der Waals surface area (Å²) >= 11 is 0. The van der Waals surface area contributed by atoms with E-state index in [-0.39, 0.29) is 23.1 Å². The first kappa shape index (κ1) is 14.2. The van der Waals surface area contributed by atoms with Crippen LogP contribution in [0.4, 0.5) is 0 Å². The molecular weight excluding hydrogens is 282 g/mol. The number of hydrogen-bond donors (Lipinski definition) is 2. The SMILES string of the molecule is Cc1cnoc1C(=O)NCc1ccc(S(N)(=O)=O)cc1. The second-order valence-electron chi connectivity index (χ2n) is 4.21. The first-order chi connectivity index (χ1) is 9.38. The van der Waals surface area contributed by atoms with E-state index in [9.17, 15) is 13.2 Å². The molecule has 0 aliphatic rings. The number of nitrogens with one attached hydrogen (secondary N) is 1. The van der Waals surface area contributed by atoms with Crippen molar-refractivity contribution in [1.29, 1.82) is 0 Å². The Morgan fingerprint density at radius 2 is 2.00 bits per heavy atom. The topological polar surface area (TPSA) is 115 Å². The molecule has 0 unspecified atom stereocenters. The van der Waals surface area contributed by atoms with Crippen molar-refractivity contribution in [3.63, 3.8) is 0 Å². The standard InChI is InChI=1S/C12H13N3O4S/c1-8-6-15-19-11(8)12(16)14-7-9-2-4-10(5-3-9)20(13,17)18/h2-6H,7H2,1H3,(H,14,16)(H2,13,17,18). The lowest BCUT2D eigenvalue weighted by atomic mass is 10.2. The molecule has 8 heteroatoms. The third-order valence-corrected chi connectivity index (χ3v) is 3.59. The van der Waals surface area contributed by atoms with Crippen LogP contribution >= 0.6 is 0 Å². The maximum atomic E-state index is 11.8. The zero-order chi connectivity index (χ0) is 14.8. The highest BCUT2D eigenvalue weighted by molar-refractivity contribution is 7.89. The van der Waals surface area contributed by atoms with Gasteiger partial charge in [0.2, 0.25) is 15.8 Å². The monoisotopic (exact) mass is 295 g/mol. The predicted molar refractivity (Wildman–Crippen MR) is 70.2 cm³/mol. The Hall–Kier alpha value is -2.19. The van der Waals surface area contributed by atoms with Gasteiger partial charge in [0.05, 0.1) is 11.1 Å². The number of aryl methyl sites for hydroxylation is 1. The summed E-state index contributed by atoms with van der Waals surface area (Å²) in [6.45, 7) is 1.95. The smallest absolute Gasteiger partial charge is 0.290 e. The minimum Gasteiger partial charge on any atom is -0.351 e. The van der Waals surface area contributed by atoms with Gasteiger partial charge in [-0.2, -0.15) is 0 Å². The van der Waals surface area contributed by atoms with Gasteiger partial charge in [-0.05, 0) is 24.6 Å². The van der Waals surface area contributed by atoms with E-state index in [1.54, 1.807) is 19.1 Å². The molecule has 0 radical (unpaired) electrons. The number of nitrogens with zero attached hydrogens (tertiary/aromatic N) is 1. The zero-order valence-corrected chi connectivity index (χ0v) is 11.5. The molecule has 7 nitrogen and oxygen atoms in total. The number of benzene rings is 1. The van der Waals surface area contributed by atoms with Crippen LogP contribution in [0.25, 0.3) is 0 Å². The number of hydrogen-bond acceptors (Lipinski definition) is 5. The number of amides is 1. The molecule has 0 atom stereocenters. The molecule has 0 spiro atoms. The first-order valence-corrected chi connectivity index (χ1v) is 7.24. The van der Waals surface area contributed by atoms with Crippen molar-refractivity contribution in [2.75, 3.05) is 0 Å². The molecule has 0 bridgehead atoms. The number of sulfonamides is 1. The van der Waals surface area contributed by atoms with Crippen LogP contribution in [0, 0.1) is 6.92 Å². The van der Waals surface area contributed by atoms with Crippen molar-refractivity contribution >= 4 is 15.9 Å². The van der Waals surface area contributed by atoms with Crippen LogP contribution in [-0.4, -0.2) is 19.5 Å². The molecule has 20 heavy (non-hydrogen) atoms. The minimum absolute atomic E-state index is 0.0265. The molecule has 0 saturated carbocycles. The molecular formula is C12H13N3O4S. The Morgan fingerprint density at radius 3 is 2.50 bits per heavy atom. The fraction of sp³-hybridized carbons (Fsp3) is 0.167. The second-order valence-corrected chi connectivity index (χ2v) is 5.77. The van der Waals surface area contributed by atoms with E-state index in [0.717, 1.165) is 5.56 Å². The fourth-order valence-corrected chi connectivity index (χ4v) is 2.08. The molecule has 0 saturated heterocycles. The predicted octanol–water partition coefficient (Wildman–Crippen LogP) is 0.560. The number of carbonyl (C=O) groups excluding carboxylic acids is 1. The van der Waals surface area contributed by atoms with Gasteiger partial charge in [-0.3, -0.25) is 4.79 Å². The van der Waals surface area contributed by atoms with Crippen LogP contribution in [0.3, 0.4) is 0 Å². The normalized spacial score (nSPS) is 11.3. The van der Waals surface area contributed by atoms with Crippen molar-refractivity contribution in [2.24, 2.45) is 5.14 Å². The van der Waals surface area contributed by atoms with E-state index in [1.165, 1.54) is 18.3 Å². The molecule has 1 amide bonds. The number of nitrogens with two attached hydrogens (primary N) is 1.